The summed E-state index contributed by atoms with van der Waals surface area (Å²) < 4.78 is 2.08. The van der Waals surface area contributed by atoms with E-state index in [9.17, 15) is 4.79 Å². The lowest BCUT2D eigenvalue weighted by Gasteiger charge is -2.30. The number of aromatic nitrogens is 2. The quantitative estimate of drug-likeness (QED) is 0.894. The van der Waals surface area contributed by atoms with Gasteiger partial charge >= 0.3 is 0 Å². The summed E-state index contributed by atoms with van der Waals surface area (Å²) in [7, 11) is 0. The molecule has 6 heteroatoms. The molecule has 0 aliphatic carbocycles. The monoisotopic (exact) mass is 342 g/mol. The van der Waals surface area contributed by atoms with Crippen LogP contribution in [-0.2, 0) is 17.8 Å². The molecule has 1 aliphatic heterocycles. The van der Waals surface area contributed by atoms with Crippen molar-refractivity contribution in [2.24, 2.45) is 11.7 Å². The largest absolute Gasteiger partial charge is 0.343 e. The third kappa shape index (κ3) is 5.21. The molecule has 0 saturated carbocycles. The van der Waals surface area contributed by atoms with Crippen LogP contribution in [0.25, 0.3) is 0 Å². The van der Waals surface area contributed by atoms with Crippen molar-refractivity contribution in [1.82, 2.24) is 14.7 Å². The van der Waals surface area contributed by atoms with Gasteiger partial charge in [0.25, 0.3) is 0 Å². The van der Waals surface area contributed by atoms with Crippen LogP contribution in [0.1, 0.15) is 50.1 Å². The lowest BCUT2D eigenvalue weighted by Crippen LogP contribution is -2.42. The normalized spacial score (nSPS) is 15.8. The van der Waals surface area contributed by atoms with Crippen molar-refractivity contribution < 1.29 is 4.79 Å². The maximum Gasteiger partial charge on any atom is 0.222 e. The van der Waals surface area contributed by atoms with Crippen LogP contribution < -0.4 is 5.73 Å². The van der Waals surface area contributed by atoms with E-state index in [4.69, 9.17) is 5.73 Å². The first-order valence-electron chi connectivity index (χ1n) is 8.44. The van der Waals surface area contributed by atoms with Crippen LogP contribution in [0, 0.1) is 19.8 Å². The van der Waals surface area contributed by atoms with E-state index in [1.54, 1.807) is 0 Å². The smallest absolute Gasteiger partial charge is 0.222 e. The second-order valence-electron chi connectivity index (χ2n) is 6.94. The van der Waals surface area contributed by atoms with Gasteiger partial charge in [-0.1, -0.05) is 13.8 Å². The third-order valence-corrected chi connectivity index (χ3v) is 4.55. The molecule has 0 spiro atoms. The van der Waals surface area contributed by atoms with Gasteiger partial charge in [-0.25, -0.2) is 0 Å². The van der Waals surface area contributed by atoms with Crippen molar-refractivity contribution in [3.05, 3.63) is 17.0 Å². The zero-order valence-electron chi connectivity index (χ0n) is 14.8. The first-order chi connectivity index (χ1) is 10.4. The Kier molecular flexibility index (Phi) is 7.55. The van der Waals surface area contributed by atoms with Gasteiger partial charge in [-0.05, 0) is 44.6 Å². The maximum absolute atomic E-state index is 12.3. The van der Waals surface area contributed by atoms with E-state index >= 15 is 0 Å². The molecule has 1 aromatic heterocycles. The minimum Gasteiger partial charge on any atom is -0.343 e. The first-order valence-corrected chi connectivity index (χ1v) is 8.44. The summed E-state index contributed by atoms with van der Waals surface area (Å²) in [5.41, 5.74) is 9.40. The number of halogens is 1. The highest BCUT2D eigenvalue weighted by Gasteiger charge is 2.21. The summed E-state index contributed by atoms with van der Waals surface area (Å²) >= 11 is 0. The number of carbonyl (C=O) groups excluding carboxylic acids is 1. The third-order valence-electron chi connectivity index (χ3n) is 4.55. The van der Waals surface area contributed by atoms with Crippen LogP contribution in [0.3, 0.4) is 0 Å². The van der Waals surface area contributed by atoms with Crippen molar-refractivity contribution in [2.75, 3.05) is 13.1 Å². The number of aryl methyl sites for hydroxylation is 1. The predicted octanol–water partition coefficient (Wildman–Crippen LogP) is 2.46. The number of nitrogens with zero attached hydrogens (tertiary/aromatic N) is 3. The zero-order chi connectivity index (χ0) is 16.3. The number of nitrogens with two attached hydrogens (primary N) is 1. The Morgan fingerprint density at radius 2 is 1.91 bits per heavy atom. The average molecular weight is 343 g/mol. The Bertz CT molecular complexity index is 519. The highest BCUT2D eigenvalue weighted by molar-refractivity contribution is 5.85. The fourth-order valence-corrected chi connectivity index (χ4v) is 3.16. The van der Waals surface area contributed by atoms with E-state index in [1.807, 2.05) is 11.8 Å². The van der Waals surface area contributed by atoms with Gasteiger partial charge < -0.3 is 10.6 Å². The second kappa shape index (κ2) is 8.69. The summed E-state index contributed by atoms with van der Waals surface area (Å²) in [6.07, 6.45) is 3.22. The number of rotatable bonds is 5. The number of amides is 1. The molecule has 0 atom stereocenters. The topological polar surface area (TPSA) is 64.2 Å². The molecular formula is C17H31ClN4O. The van der Waals surface area contributed by atoms with E-state index in [-0.39, 0.29) is 24.4 Å². The van der Waals surface area contributed by atoms with Gasteiger partial charge in [0, 0.05) is 37.8 Å². The molecule has 1 saturated heterocycles. The fraction of sp³-hybridized carbons (Fsp3) is 0.765. The van der Waals surface area contributed by atoms with Gasteiger partial charge in [-0.3, -0.25) is 9.48 Å². The van der Waals surface area contributed by atoms with Gasteiger partial charge in [0.2, 0.25) is 5.91 Å². The Morgan fingerprint density at radius 1 is 1.30 bits per heavy atom. The molecule has 2 rings (SSSR count). The number of hydrogen-bond acceptors (Lipinski definition) is 3. The number of hydrogen-bond donors (Lipinski definition) is 1. The lowest BCUT2D eigenvalue weighted by atomic mass is 10.0. The molecule has 132 valence electrons. The summed E-state index contributed by atoms with van der Waals surface area (Å²) in [6.45, 7) is 11.1. The van der Waals surface area contributed by atoms with E-state index in [0.717, 1.165) is 44.6 Å². The van der Waals surface area contributed by atoms with Crippen LogP contribution in [0.2, 0.25) is 0 Å². The fourth-order valence-electron chi connectivity index (χ4n) is 3.16. The Morgan fingerprint density at radius 3 is 2.48 bits per heavy atom. The minimum atomic E-state index is 0. The average Bonchev–Trinajstić information content (AvgIpc) is 2.71. The molecule has 2 heterocycles. The van der Waals surface area contributed by atoms with Crippen molar-refractivity contribution in [3.8, 4) is 0 Å². The molecule has 0 unspecified atom stereocenters. The summed E-state index contributed by atoms with van der Waals surface area (Å²) in [4.78, 5) is 14.3. The molecule has 0 aromatic carbocycles. The van der Waals surface area contributed by atoms with Crippen LogP contribution in [0.5, 0.6) is 0 Å². The van der Waals surface area contributed by atoms with Crippen molar-refractivity contribution in [3.63, 3.8) is 0 Å². The lowest BCUT2D eigenvalue weighted by molar-refractivity contribution is -0.132. The van der Waals surface area contributed by atoms with Crippen LogP contribution in [0.4, 0.5) is 0 Å². The van der Waals surface area contributed by atoms with Gasteiger partial charge in [0.05, 0.1) is 5.69 Å². The highest BCUT2D eigenvalue weighted by atomic mass is 35.5. The van der Waals surface area contributed by atoms with Crippen molar-refractivity contribution in [1.29, 1.82) is 0 Å². The van der Waals surface area contributed by atoms with E-state index in [0.29, 0.717) is 12.3 Å². The molecule has 2 N–H and O–H groups in total. The molecule has 5 nitrogen and oxygen atoms in total. The standard InChI is InChI=1S/C17H30N4O.ClH/c1-12(2)11-21-14(4)16(13(3)19-21)5-6-17(22)20-9-7-15(18)8-10-20;/h12,15H,5-11,18H2,1-4H3;1H. The molecular weight excluding hydrogens is 312 g/mol. The van der Waals surface area contributed by atoms with Gasteiger partial charge in [0.15, 0.2) is 0 Å². The van der Waals surface area contributed by atoms with Gasteiger partial charge in [-0.2, -0.15) is 5.10 Å². The number of piperidine rings is 1. The van der Waals surface area contributed by atoms with Gasteiger partial charge in [-0.15, -0.1) is 12.4 Å². The summed E-state index contributed by atoms with van der Waals surface area (Å²) in [6, 6.07) is 0.266. The van der Waals surface area contributed by atoms with E-state index in [1.165, 1.54) is 11.3 Å². The van der Waals surface area contributed by atoms with E-state index in [2.05, 4.69) is 30.6 Å². The summed E-state index contributed by atoms with van der Waals surface area (Å²) in [5, 5.41) is 4.63. The van der Waals surface area contributed by atoms with Crippen molar-refractivity contribution in [2.45, 2.75) is 66.0 Å². The number of likely N-dealkylation sites (tertiary alicyclic amines) is 1. The molecule has 0 radical (unpaired) electrons. The molecule has 1 amide bonds. The molecule has 1 fully saturated rings. The Balaban J connectivity index is 0.00000264. The Labute approximate surface area is 146 Å². The second-order valence-corrected chi connectivity index (χ2v) is 6.94. The highest BCUT2D eigenvalue weighted by Crippen LogP contribution is 2.18. The van der Waals surface area contributed by atoms with Crippen LogP contribution in [-0.4, -0.2) is 39.7 Å². The SMILES string of the molecule is Cc1nn(CC(C)C)c(C)c1CCC(=O)N1CCC(N)CC1.Cl. The summed E-state index contributed by atoms with van der Waals surface area (Å²) in [5.74, 6) is 0.826. The number of carbonyl (C=O) groups is 1. The zero-order valence-corrected chi connectivity index (χ0v) is 15.7. The van der Waals surface area contributed by atoms with E-state index < -0.39 is 0 Å². The minimum absolute atomic E-state index is 0. The first kappa shape index (κ1) is 20.0. The van der Waals surface area contributed by atoms with Crippen molar-refractivity contribution >= 4 is 18.3 Å². The Hall–Kier alpha value is -1.07. The van der Waals surface area contributed by atoms with Gasteiger partial charge in [0.1, 0.15) is 0 Å². The predicted molar refractivity (Wildman–Crippen MR) is 95.9 cm³/mol. The molecule has 23 heavy (non-hydrogen) atoms. The van der Waals surface area contributed by atoms with Crippen LogP contribution >= 0.6 is 12.4 Å². The van der Waals surface area contributed by atoms with Crippen LogP contribution in [0.15, 0.2) is 0 Å². The molecule has 1 aromatic rings. The maximum atomic E-state index is 12.3. The molecule has 1 aliphatic rings. The molecule has 0 bridgehead atoms.